The van der Waals surface area contributed by atoms with Crippen LogP contribution in [-0.2, 0) is 6.42 Å². The molecule has 0 aliphatic carbocycles. The number of nitrogens with zero attached hydrogens (tertiary/aromatic N) is 1. The lowest BCUT2D eigenvalue weighted by Crippen LogP contribution is -2.00. The van der Waals surface area contributed by atoms with Crippen LogP contribution >= 0.6 is 0 Å². The van der Waals surface area contributed by atoms with Crippen molar-refractivity contribution in [3.05, 3.63) is 52.7 Å². The van der Waals surface area contributed by atoms with E-state index in [1.807, 2.05) is 0 Å². The predicted octanol–water partition coefficient (Wildman–Crippen LogP) is 5.27. The topological polar surface area (TPSA) is 12.9 Å². The SMILES string of the molecule is CCCc1nc2c(c(C)cc3ccccc32)c(C)c1C. The van der Waals surface area contributed by atoms with Crippen LogP contribution in [0.15, 0.2) is 30.3 Å². The molecule has 2 aromatic carbocycles. The number of aryl methyl sites for hydroxylation is 3. The Hall–Kier alpha value is -1.89. The first kappa shape index (κ1) is 13.1. The van der Waals surface area contributed by atoms with Gasteiger partial charge in [0.2, 0.25) is 0 Å². The average Bonchev–Trinajstić information content (AvgIpc) is 2.44. The Morgan fingerprint density at radius 2 is 1.75 bits per heavy atom. The molecular formula is C19H21N. The molecule has 3 aromatic rings. The van der Waals surface area contributed by atoms with Crippen molar-refractivity contribution in [3.63, 3.8) is 0 Å². The van der Waals surface area contributed by atoms with Crippen LogP contribution in [0.4, 0.5) is 0 Å². The van der Waals surface area contributed by atoms with E-state index in [0.29, 0.717) is 0 Å². The summed E-state index contributed by atoms with van der Waals surface area (Å²) in [5, 5.41) is 3.89. The number of hydrogen-bond acceptors (Lipinski definition) is 1. The Labute approximate surface area is 120 Å². The largest absolute Gasteiger partial charge is 0.252 e. The van der Waals surface area contributed by atoms with Gasteiger partial charge >= 0.3 is 0 Å². The second-order valence-corrected chi connectivity index (χ2v) is 5.70. The quantitative estimate of drug-likeness (QED) is 0.574. The van der Waals surface area contributed by atoms with Gasteiger partial charge in [-0.25, -0.2) is 0 Å². The highest BCUT2D eigenvalue weighted by Crippen LogP contribution is 2.31. The predicted molar refractivity (Wildman–Crippen MR) is 87.5 cm³/mol. The maximum Gasteiger partial charge on any atom is 0.0789 e. The molecule has 0 unspecified atom stereocenters. The third kappa shape index (κ3) is 1.89. The lowest BCUT2D eigenvalue weighted by Gasteiger charge is -2.15. The molecule has 0 aliphatic heterocycles. The van der Waals surface area contributed by atoms with Crippen LogP contribution in [0.3, 0.4) is 0 Å². The molecule has 102 valence electrons. The summed E-state index contributed by atoms with van der Waals surface area (Å²) in [6.45, 7) is 8.86. The van der Waals surface area contributed by atoms with E-state index in [1.165, 1.54) is 44.1 Å². The molecule has 0 spiro atoms. The molecule has 0 saturated heterocycles. The number of hydrogen-bond donors (Lipinski definition) is 0. The fourth-order valence-electron chi connectivity index (χ4n) is 3.16. The summed E-state index contributed by atoms with van der Waals surface area (Å²) in [4.78, 5) is 5.01. The van der Waals surface area contributed by atoms with E-state index in [0.717, 1.165) is 12.8 Å². The van der Waals surface area contributed by atoms with Crippen molar-refractivity contribution >= 4 is 21.7 Å². The van der Waals surface area contributed by atoms with Crippen LogP contribution < -0.4 is 0 Å². The van der Waals surface area contributed by atoms with Crippen LogP contribution in [-0.4, -0.2) is 4.98 Å². The second-order valence-electron chi connectivity index (χ2n) is 5.70. The van der Waals surface area contributed by atoms with Crippen molar-refractivity contribution in [2.75, 3.05) is 0 Å². The zero-order chi connectivity index (χ0) is 14.3. The van der Waals surface area contributed by atoms with E-state index in [9.17, 15) is 0 Å². The second kappa shape index (κ2) is 4.90. The normalized spacial score (nSPS) is 11.4. The first-order chi connectivity index (χ1) is 9.63. The van der Waals surface area contributed by atoms with Crippen molar-refractivity contribution in [3.8, 4) is 0 Å². The zero-order valence-corrected chi connectivity index (χ0v) is 12.7. The van der Waals surface area contributed by atoms with Gasteiger partial charge in [-0.1, -0.05) is 43.7 Å². The molecule has 1 heteroatoms. The molecule has 0 radical (unpaired) electrons. The van der Waals surface area contributed by atoms with Crippen LogP contribution in [0.25, 0.3) is 21.7 Å². The van der Waals surface area contributed by atoms with Gasteiger partial charge in [-0.2, -0.15) is 0 Å². The monoisotopic (exact) mass is 263 g/mol. The molecule has 0 saturated carbocycles. The summed E-state index contributed by atoms with van der Waals surface area (Å²) in [5.41, 5.74) is 6.51. The summed E-state index contributed by atoms with van der Waals surface area (Å²) in [7, 11) is 0. The van der Waals surface area contributed by atoms with E-state index in [4.69, 9.17) is 4.98 Å². The van der Waals surface area contributed by atoms with Crippen molar-refractivity contribution in [1.29, 1.82) is 0 Å². The summed E-state index contributed by atoms with van der Waals surface area (Å²) in [5.74, 6) is 0. The number of pyridine rings is 1. The first-order valence-corrected chi connectivity index (χ1v) is 7.41. The van der Waals surface area contributed by atoms with Gasteiger partial charge in [0.15, 0.2) is 0 Å². The molecule has 1 nitrogen and oxygen atoms in total. The Balaban J connectivity index is 2.51. The van der Waals surface area contributed by atoms with Gasteiger partial charge in [0.05, 0.1) is 5.52 Å². The third-order valence-electron chi connectivity index (χ3n) is 4.32. The minimum Gasteiger partial charge on any atom is -0.252 e. The van der Waals surface area contributed by atoms with E-state index in [2.05, 4.69) is 58.0 Å². The molecule has 1 aromatic heterocycles. The van der Waals surface area contributed by atoms with E-state index in [1.54, 1.807) is 0 Å². The zero-order valence-electron chi connectivity index (χ0n) is 12.7. The fourth-order valence-corrected chi connectivity index (χ4v) is 3.16. The van der Waals surface area contributed by atoms with E-state index < -0.39 is 0 Å². The van der Waals surface area contributed by atoms with Gasteiger partial charge < -0.3 is 0 Å². The van der Waals surface area contributed by atoms with Gasteiger partial charge in [-0.3, -0.25) is 4.98 Å². The molecule has 1 heterocycles. The minimum absolute atomic E-state index is 1.06. The Kier molecular flexibility index (Phi) is 3.21. The van der Waals surface area contributed by atoms with Gasteiger partial charge in [0.25, 0.3) is 0 Å². The van der Waals surface area contributed by atoms with Crippen molar-refractivity contribution in [2.24, 2.45) is 0 Å². The number of aromatic nitrogens is 1. The average molecular weight is 263 g/mol. The highest BCUT2D eigenvalue weighted by atomic mass is 14.7. The molecule has 0 fully saturated rings. The third-order valence-corrected chi connectivity index (χ3v) is 4.32. The van der Waals surface area contributed by atoms with Gasteiger partial charge in [-0.15, -0.1) is 0 Å². The van der Waals surface area contributed by atoms with Crippen LogP contribution in [0.2, 0.25) is 0 Å². The molecule has 0 aliphatic rings. The highest BCUT2D eigenvalue weighted by Gasteiger charge is 2.12. The molecule has 0 bridgehead atoms. The summed E-state index contributed by atoms with van der Waals surface area (Å²) >= 11 is 0. The van der Waals surface area contributed by atoms with Crippen molar-refractivity contribution < 1.29 is 0 Å². The maximum atomic E-state index is 5.01. The molecule has 0 amide bonds. The summed E-state index contributed by atoms with van der Waals surface area (Å²) < 4.78 is 0. The van der Waals surface area contributed by atoms with Gasteiger partial charge in [0, 0.05) is 16.5 Å². The fraction of sp³-hybridized carbons (Fsp3) is 0.316. The summed E-state index contributed by atoms with van der Waals surface area (Å²) in [6.07, 6.45) is 2.20. The molecule has 0 N–H and O–H groups in total. The van der Waals surface area contributed by atoms with Crippen LogP contribution in [0.1, 0.15) is 35.7 Å². The first-order valence-electron chi connectivity index (χ1n) is 7.41. The minimum atomic E-state index is 1.06. The molecule has 3 rings (SSSR count). The number of benzene rings is 2. The summed E-state index contributed by atoms with van der Waals surface area (Å²) in [6, 6.07) is 10.9. The number of rotatable bonds is 2. The van der Waals surface area contributed by atoms with Crippen LogP contribution in [0, 0.1) is 20.8 Å². The smallest absolute Gasteiger partial charge is 0.0789 e. The Bertz CT molecular complexity index is 800. The molecule has 0 atom stereocenters. The highest BCUT2D eigenvalue weighted by molar-refractivity contribution is 6.08. The van der Waals surface area contributed by atoms with Gasteiger partial charge in [-0.05, 0) is 49.3 Å². The van der Waals surface area contributed by atoms with Crippen LogP contribution in [0.5, 0.6) is 0 Å². The lowest BCUT2D eigenvalue weighted by molar-refractivity contribution is 0.876. The van der Waals surface area contributed by atoms with E-state index in [-0.39, 0.29) is 0 Å². The molecular weight excluding hydrogens is 242 g/mol. The van der Waals surface area contributed by atoms with E-state index >= 15 is 0 Å². The van der Waals surface area contributed by atoms with Gasteiger partial charge in [0.1, 0.15) is 0 Å². The molecule has 20 heavy (non-hydrogen) atoms. The van der Waals surface area contributed by atoms with Crippen molar-refractivity contribution in [1.82, 2.24) is 4.98 Å². The number of fused-ring (bicyclic) bond motifs is 3. The lowest BCUT2D eigenvalue weighted by atomic mass is 9.94. The Morgan fingerprint density at radius 3 is 2.50 bits per heavy atom. The maximum absolute atomic E-state index is 5.01. The van der Waals surface area contributed by atoms with Crippen molar-refractivity contribution in [2.45, 2.75) is 40.5 Å². The standard InChI is InChI=1S/C19H21N/c1-5-8-17-13(3)14(4)18-12(2)11-15-9-6-7-10-16(15)19(18)20-17/h6-7,9-11H,5,8H2,1-4H3. The Morgan fingerprint density at radius 1 is 1.00 bits per heavy atom.